The highest BCUT2D eigenvalue weighted by molar-refractivity contribution is 7.12. The Morgan fingerprint density at radius 3 is 3.00 bits per heavy atom. The molecule has 1 atom stereocenters. The third-order valence-corrected chi connectivity index (χ3v) is 5.35. The SMILES string of the molecule is NC1CCCCN(C(=O)c2scc3c2CCCC3)C1. The predicted octanol–water partition coefficient (Wildman–Crippen LogP) is 2.58. The molecule has 0 saturated carbocycles. The minimum absolute atomic E-state index is 0.155. The zero-order chi connectivity index (χ0) is 13.2. The van der Waals surface area contributed by atoms with Crippen LogP contribution in [0.4, 0.5) is 0 Å². The fourth-order valence-corrected chi connectivity index (χ4v) is 4.33. The maximum absolute atomic E-state index is 12.7. The Morgan fingerprint density at radius 1 is 1.26 bits per heavy atom. The van der Waals surface area contributed by atoms with Crippen molar-refractivity contribution in [1.82, 2.24) is 4.90 Å². The van der Waals surface area contributed by atoms with E-state index >= 15 is 0 Å². The quantitative estimate of drug-likeness (QED) is 0.858. The highest BCUT2D eigenvalue weighted by Crippen LogP contribution is 2.31. The van der Waals surface area contributed by atoms with Gasteiger partial charge in [0.2, 0.25) is 0 Å². The Hall–Kier alpha value is -0.870. The minimum atomic E-state index is 0.155. The molecule has 1 aliphatic heterocycles. The minimum Gasteiger partial charge on any atom is -0.336 e. The molecule has 3 rings (SSSR count). The van der Waals surface area contributed by atoms with E-state index in [0.717, 1.165) is 50.1 Å². The van der Waals surface area contributed by atoms with Crippen molar-refractivity contribution in [2.75, 3.05) is 13.1 Å². The molecule has 0 spiro atoms. The van der Waals surface area contributed by atoms with Gasteiger partial charge >= 0.3 is 0 Å². The molecular formula is C15H22N2OS. The second-order valence-electron chi connectivity index (χ2n) is 5.78. The lowest BCUT2D eigenvalue weighted by Crippen LogP contribution is -2.39. The first-order chi connectivity index (χ1) is 9.25. The van der Waals surface area contributed by atoms with Gasteiger partial charge < -0.3 is 10.6 Å². The molecule has 2 aliphatic rings. The van der Waals surface area contributed by atoms with Crippen LogP contribution in [0.2, 0.25) is 0 Å². The molecule has 1 aromatic rings. The van der Waals surface area contributed by atoms with Crippen LogP contribution in [0.1, 0.15) is 52.9 Å². The number of nitrogens with two attached hydrogens (primary N) is 1. The van der Waals surface area contributed by atoms with Crippen molar-refractivity contribution in [2.45, 2.75) is 51.0 Å². The fraction of sp³-hybridized carbons (Fsp3) is 0.667. The molecule has 1 saturated heterocycles. The zero-order valence-electron chi connectivity index (χ0n) is 11.4. The van der Waals surface area contributed by atoms with Crippen LogP contribution in [0.3, 0.4) is 0 Å². The molecule has 0 bridgehead atoms. The van der Waals surface area contributed by atoms with Gasteiger partial charge in [-0.25, -0.2) is 0 Å². The first-order valence-electron chi connectivity index (χ1n) is 7.40. The van der Waals surface area contributed by atoms with E-state index in [4.69, 9.17) is 5.73 Å². The lowest BCUT2D eigenvalue weighted by atomic mass is 9.93. The third-order valence-electron chi connectivity index (χ3n) is 4.29. The van der Waals surface area contributed by atoms with Crippen molar-refractivity contribution >= 4 is 17.2 Å². The largest absolute Gasteiger partial charge is 0.336 e. The van der Waals surface area contributed by atoms with Crippen LogP contribution in [0, 0.1) is 0 Å². The number of fused-ring (bicyclic) bond motifs is 1. The molecule has 4 heteroatoms. The summed E-state index contributed by atoms with van der Waals surface area (Å²) in [4.78, 5) is 15.7. The molecule has 1 unspecified atom stereocenters. The van der Waals surface area contributed by atoms with E-state index in [-0.39, 0.29) is 11.9 Å². The highest BCUT2D eigenvalue weighted by atomic mass is 32.1. The van der Waals surface area contributed by atoms with Gasteiger partial charge in [-0.3, -0.25) is 4.79 Å². The van der Waals surface area contributed by atoms with Crippen LogP contribution in [-0.2, 0) is 12.8 Å². The summed E-state index contributed by atoms with van der Waals surface area (Å²) in [5, 5.41) is 2.19. The first-order valence-corrected chi connectivity index (χ1v) is 8.28. The molecule has 1 fully saturated rings. The van der Waals surface area contributed by atoms with Gasteiger partial charge in [0, 0.05) is 19.1 Å². The molecule has 1 amide bonds. The van der Waals surface area contributed by atoms with E-state index in [1.54, 1.807) is 11.3 Å². The number of likely N-dealkylation sites (tertiary alicyclic amines) is 1. The summed E-state index contributed by atoms with van der Waals surface area (Å²) < 4.78 is 0. The zero-order valence-corrected chi connectivity index (χ0v) is 12.2. The fourth-order valence-electron chi connectivity index (χ4n) is 3.20. The van der Waals surface area contributed by atoms with Gasteiger partial charge in [-0.1, -0.05) is 6.42 Å². The molecular weight excluding hydrogens is 256 g/mol. The van der Waals surface area contributed by atoms with E-state index < -0.39 is 0 Å². The summed E-state index contributed by atoms with van der Waals surface area (Å²) in [5.74, 6) is 0.227. The van der Waals surface area contributed by atoms with Crippen molar-refractivity contribution in [3.63, 3.8) is 0 Å². The number of carbonyl (C=O) groups excluding carboxylic acids is 1. The molecule has 0 aromatic carbocycles. The van der Waals surface area contributed by atoms with Gasteiger partial charge in [0.25, 0.3) is 5.91 Å². The smallest absolute Gasteiger partial charge is 0.264 e. The standard InChI is InChI=1S/C15H22N2OS/c16-12-6-3-4-8-17(9-12)15(18)14-13-7-2-1-5-11(13)10-19-14/h10,12H,1-9,16H2. The topological polar surface area (TPSA) is 46.3 Å². The van der Waals surface area contributed by atoms with E-state index in [0.29, 0.717) is 0 Å². The number of thiophene rings is 1. The number of hydrogen-bond acceptors (Lipinski definition) is 3. The normalized spacial score (nSPS) is 23.8. The molecule has 2 heterocycles. The number of hydrogen-bond donors (Lipinski definition) is 1. The third kappa shape index (κ3) is 2.70. The first kappa shape index (κ1) is 13.1. The van der Waals surface area contributed by atoms with Crippen LogP contribution in [0.15, 0.2) is 5.38 Å². The second kappa shape index (κ2) is 5.63. The molecule has 1 aromatic heterocycles. The number of aryl methyl sites for hydroxylation is 1. The average Bonchev–Trinajstić information content (AvgIpc) is 2.73. The number of amides is 1. The summed E-state index contributed by atoms with van der Waals surface area (Å²) in [6.45, 7) is 1.60. The summed E-state index contributed by atoms with van der Waals surface area (Å²) >= 11 is 1.64. The molecule has 0 radical (unpaired) electrons. The van der Waals surface area contributed by atoms with Gasteiger partial charge in [-0.15, -0.1) is 11.3 Å². The Morgan fingerprint density at radius 2 is 2.11 bits per heavy atom. The van der Waals surface area contributed by atoms with E-state index in [9.17, 15) is 4.79 Å². The molecule has 104 valence electrons. The summed E-state index contributed by atoms with van der Waals surface area (Å²) in [5.41, 5.74) is 8.81. The maximum Gasteiger partial charge on any atom is 0.264 e. The maximum atomic E-state index is 12.7. The molecule has 19 heavy (non-hydrogen) atoms. The summed E-state index contributed by atoms with van der Waals surface area (Å²) in [6.07, 6.45) is 8.01. The van der Waals surface area contributed by atoms with Crippen molar-refractivity contribution in [3.05, 3.63) is 21.4 Å². The monoisotopic (exact) mass is 278 g/mol. The summed E-state index contributed by atoms with van der Waals surface area (Å²) in [6, 6.07) is 0.155. The van der Waals surface area contributed by atoms with Gasteiger partial charge in [-0.2, -0.15) is 0 Å². The Labute approximate surface area is 118 Å². The van der Waals surface area contributed by atoms with Gasteiger partial charge in [0.1, 0.15) is 0 Å². The van der Waals surface area contributed by atoms with Crippen LogP contribution < -0.4 is 5.73 Å². The van der Waals surface area contributed by atoms with Crippen molar-refractivity contribution in [1.29, 1.82) is 0 Å². The lowest BCUT2D eigenvalue weighted by molar-refractivity contribution is 0.0758. The number of nitrogens with zero attached hydrogens (tertiary/aromatic N) is 1. The Kier molecular flexibility index (Phi) is 3.89. The molecule has 3 nitrogen and oxygen atoms in total. The second-order valence-corrected chi connectivity index (χ2v) is 6.66. The van der Waals surface area contributed by atoms with Gasteiger partial charge in [0.15, 0.2) is 0 Å². The van der Waals surface area contributed by atoms with Crippen molar-refractivity contribution in [2.24, 2.45) is 5.73 Å². The highest BCUT2D eigenvalue weighted by Gasteiger charge is 2.26. The van der Waals surface area contributed by atoms with Crippen LogP contribution in [-0.4, -0.2) is 29.9 Å². The van der Waals surface area contributed by atoms with Gasteiger partial charge in [-0.05, 0) is 55.0 Å². The lowest BCUT2D eigenvalue weighted by Gasteiger charge is -2.23. The molecule has 1 aliphatic carbocycles. The van der Waals surface area contributed by atoms with Crippen LogP contribution in [0.25, 0.3) is 0 Å². The van der Waals surface area contributed by atoms with Crippen LogP contribution in [0.5, 0.6) is 0 Å². The average molecular weight is 278 g/mol. The van der Waals surface area contributed by atoms with Crippen molar-refractivity contribution < 1.29 is 4.79 Å². The van der Waals surface area contributed by atoms with E-state index in [2.05, 4.69) is 5.38 Å². The predicted molar refractivity (Wildman–Crippen MR) is 78.7 cm³/mol. The van der Waals surface area contributed by atoms with Crippen LogP contribution >= 0.6 is 11.3 Å². The number of carbonyl (C=O) groups is 1. The Balaban J connectivity index is 1.81. The van der Waals surface area contributed by atoms with Gasteiger partial charge in [0.05, 0.1) is 4.88 Å². The van der Waals surface area contributed by atoms with Crippen molar-refractivity contribution in [3.8, 4) is 0 Å². The van der Waals surface area contributed by atoms with E-state index in [1.807, 2.05) is 4.90 Å². The van der Waals surface area contributed by atoms with E-state index in [1.165, 1.54) is 24.0 Å². The number of rotatable bonds is 1. The summed E-state index contributed by atoms with van der Waals surface area (Å²) in [7, 11) is 0. The Bertz CT molecular complexity index is 469. The molecule has 2 N–H and O–H groups in total.